The smallest absolute Gasteiger partial charge is 0.306 e. The minimum atomic E-state index is -0.762. The maximum Gasteiger partial charge on any atom is 0.306 e. The van der Waals surface area contributed by atoms with E-state index in [-0.39, 0.29) is 31.1 Å². The molecule has 380 valence electrons. The van der Waals surface area contributed by atoms with Crippen molar-refractivity contribution < 1.29 is 28.6 Å². The normalized spacial score (nSPS) is 12.0. The fraction of sp³-hybridized carbons (Fsp3) is 0.948. The van der Waals surface area contributed by atoms with Gasteiger partial charge in [-0.25, -0.2) is 0 Å². The van der Waals surface area contributed by atoms with Crippen LogP contribution in [0.5, 0.6) is 0 Å². The second kappa shape index (κ2) is 52.4. The van der Waals surface area contributed by atoms with Gasteiger partial charge in [0.15, 0.2) is 6.10 Å². The Morgan fingerprint density at radius 1 is 0.297 bits per heavy atom. The Morgan fingerprint density at radius 3 is 0.766 bits per heavy atom. The summed E-state index contributed by atoms with van der Waals surface area (Å²) in [5.41, 5.74) is 0. The topological polar surface area (TPSA) is 78.9 Å². The third-order valence-corrected chi connectivity index (χ3v) is 13.3. The zero-order valence-corrected chi connectivity index (χ0v) is 43.8. The van der Waals surface area contributed by atoms with Crippen molar-refractivity contribution in [1.29, 1.82) is 0 Å². The van der Waals surface area contributed by atoms with Gasteiger partial charge in [0.1, 0.15) is 13.2 Å². The van der Waals surface area contributed by atoms with Gasteiger partial charge in [0.25, 0.3) is 0 Å². The van der Waals surface area contributed by atoms with Gasteiger partial charge in [-0.3, -0.25) is 14.4 Å². The van der Waals surface area contributed by atoms with E-state index in [1.54, 1.807) is 0 Å². The number of rotatable bonds is 53. The molecule has 64 heavy (non-hydrogen) atoms. The highest BCUT2D eigenvalue weighted by atomic mass is 16.6. The second-order valence-corrected chi connectivity index (χ2v) is 20.4. The van der Waals surface area contributed by atoms with Gasteiger partial charge in [-0.2, -0.15) is 0 Å². The summed E-state index contributed by atoms with van der Waals surface area (Å²) in [5.74, 6) is -0.00859. The van der Waals surface area contributed by atoms with Crippen LogP contribution in [-0.2, 0) is 28.6 Å². The van der Waals surface area contributed by atoms with E-state index in [9.17, 15) is 14.4 Å². The summed E-state index contributed by atoms with van der Waals surface area (Å²) < 4.78 is 16.9. The van der Waals surface area contributed by atoms with Gasteiger partial charge < -0.3 is 14.2 Å². The Morgan fingerprint density at radius 2 is 0.516 bits per heavy atom. The first-order chi connectivity index (χ1) is 31.4. The van der Waals surface area contributed by atoms with Gasteiger partial charge in [0.05, 0.1) is 0 Å². The van der Waals surface area contributed by atoms with Crippen LogP contribution >= 0.6 is 0 Å². The van der Waals surface area contributed by atoms with Gasteiger partial charge in [-0.1, -0.05) is 291 Å². The lowest BCUT2D eigenvalue weighted by atomic mass is 10.0. The molecule has 0 heterocycles. The van der Waals surface area contributed by atoms with Crippen LogP contribution in [0, 0.1) is 5.92 Å². The molecule has 6 nitrogen and oxygen atoms in total. The Hall–Kier alpha value is -1.59. The van der Waals surface area contributed by atoms with Crippen LogP contribution in [-0.4, -0.2) is 37.2 Å². The molecule has 0 unspecified atom stereocenters. The third kappa shape index (κ3) is 51.4. The Kier molecular flexibility index (Phi) is 51.1. The number of unbranched alkanes of at least 4 members (excludes halogenated alkanes) is 40. The van der Waals surface area contributed by atoms with Gasteiger partial charge in [-0.15, -0.1) is 0 Å². The summed E-state index contributed by atoms with van der Waals surface area (Å²) in [5, 5.41) is 0. The molecule has 0 saturated heterocycles. The van der Waals surface area contributed by atoms with Crippen molar-refractivity contribution in [3.63, 3.8) is 0 Å². The molecular weight excluding hydrogens is 793 g/mol. The summed E-state index contributed by atoms with van der Waals surface area (Å²) in [4.78, 5) is 38.1. The summed E-state index contributed by atoms with van der Waals surface area (Å²) >= 11 is 0. The number of hydrogen-bond donors (Lipinski definition) is 0. The molecule has 0 aromatic heterocycles. The number of ether oxygens (including phenoxy) is 3. The number of carbonyl (C=O) groups excluding carboxylic acids is 3. The summed E-state index contributed by atoms with van der Waals surface area (Å²) in [6.45, 7) is 9.05. The van der Waals surface area contributed by atoms with Gasteiger partial charge in [0.2, 0.25) is 0 Å². The SMILES string of the molecule is CCCCCCCCCCCCCCCCCCC(=O)OC[C@@H](COC(=O)CCCCCCCCCCCCCC(C)C)OC(=O)CCCCCCCCCCCCCCCCCC. The van der Waals surface area contributed by atoms with Crippen LogP contribution in [0.1, 0.15) is 329 Å². The molecule has 0 aliphatic carbocycles. The van der Waals surface area contributed by atoms with Crippen molar-refractivity contribution >= 4 is 17.9 Å². The van der Waals surface area contributed by atoms with Crippen LogP contribution in [0.15, 0.2) is 0 Å². The van der Waals surface area contributed by atoms with E-state index in [4.69, 9.17) is 14.2 Å². The molecule has 0 spiro atoms. The van der Waals surface area contributed by atoms with Crippen molar-refractivity contribution in [2.45, 2.75) is 336 Å². The van der Waals surface area contributed by atoms with Crippen LogP contribution in [0.2, 0.25) is 0 Å². The van der Waals surface area contributed by atoms with Crippen molar-refractivity contribution in [1.82, 2.24) is 0 Å². The lowest BCUT2D eigenvalue weighted by molar-refractivity contribution is -0.167. The van der Waals surface area contributed by atoms with Gasteiger partial charge in [-0.05, 0) is 25.2 Å². The molecular formula is C58H112O6. The first-order valence-electron chi connectivity index (χ1n) is 28.9. The first-order valence-corrected chi connectivity index (χ1v) is 28.9. The molecule has 0 rings (SSSR count). The van der Waals surface area contributed by atoms with E-state index in [0.717, 1.165) is 63.7 Å². The Labute approximate surface area is 399 Å². The van der Waals surface area contributed by atoms with E-state index in [2.05, 4.69) is 27.7 Å². The monoisotopic (exact) mass is 905 g/mol. The van der Waals surface area contributed by atoms with Crippen molar-refractivity contribution in [3.05, 3.63) is 0 Å². The molecule has 1 atom stereocenters. The molecule has 0 bridgehead atoms. The fourth-order valence-corrected chi connectivity index (χ4v) is 8.92. The second-order valence-electron chi connectivity index (χ2n) is 20.4. The lowest BCUT2D eigenvalue weighted by Gasteiger charge is -2.18. The van der Waals surface area contributed by atoms with Gasteiger partial charge in [0, 0.05) is 19.3 Å². The van der Waals surface area contributed by atoms with Gasteiger partial charge >= 0.3 is 17.9 Å². The quantitative estimate of drug-likeness (QED) is 0.0344. The zero-order valence-electron chi connectivity index (χ0n) is 43.8. The number of hydrogen-bond acceptors (Lipinski definition) is 6. The third-order valence-electron chi connectivity index (χ3n) is 13.3. The Bertz CT molecular complexity index is 964. The molecule has 0 N–H and O–H groups in total. The minimum absolute atomic E-state index is 0.0619. The summed E-state index contributed by atoms with van der Waals surface area (Å²) in [7, 11) is 0. The molecule has 0 aromatic rings. The molecule has 0 aliphatic rings. The predicted octanol–water partition coefficient (Wildman–Crippen LogP) is 19.0. The van der Waals surface area contributed by atoms with Crippen LogP contribution in [0.25, 0.3) is 0 Å². The molecule has 0 amide bonds. The fourth-order valence-electron chi connectivity index (χ4n) is 8.92. The molecule has 0 aliphatic heterocycles. The van der Waals surface area contributed by atoms with E-state index < -0.39 is 6.10 Å². The van der Waals surface area contributed by atoms with Crippen LogP contribution < -0.4 is 0 Å². The molecule has 0 aromatic carbocycles. The average molecular weight is 906 g/mol. The molecule has 0 saturated carbocycles. The van der Waals surface area contributed by atoms with Crippen molar-refractivity contribution in [2.24, 2.45) is 5.92 Å². The Balaban J connectivity index is 4.30. The molecule has 0 radical (unpaired) electrons. The summed E-state index contributed by atoms with van der Waals surface area (Å²) in [6, 6.07) is 0. The highest BCUT2D eigenvalue weighted by Gasteiger charge is 2.19. The standard InChI is InChI=1S/C58H112O6/c1-5-7-9-11-13-15-17-19-21-23-25-29-33-37-41-45-49-56(59)62-52-55(53-63-57(60)50-46-42-38-34-31-27-28-32-36-40-44-48-54(3)4)64-58(61)51-47-43-39-35-30-26-24-22-20-18-16-14-12-10-8-6-2/h54-55H,5-53H2,1-4H3/t55-/m0/s1. The largest absolute Gasteiger partial charge is 0.462 e. The zero-order chi connectivity index (χ0) is 46.7. The first kappa shape index (κ1) is 62.4. The molecule has 0 fully saturated rings. The minimum Gasteiger partial charge on any atom is -0.462 e. The van der Waals surface area contributed by atoms with E-state index >= 15 is 0 Å². The summed E-state index contributed by atoms with van der Waals surface area (Å²) in [6.07, 6.45) is 56.6. The van der Waals surface area contributed by atoms with E-state index in [1.807, 2.05) is 0 Å². The highest BCUT2D eigenvalue weighted by Crippen LogP contribution is 2.18. The predicted molar refractivity (Wildman–Crippen MR) is 275 cm³/mol. The maximum absolute atomic E-state index is 12.8. The molecule has 6 heteroatoms. The van der Waals surface area contributed by atoms with E-state index in [1.165, 1.54) is 225 Å². The number of esters is 3. The van der Waals surface area contributed by atoms with E-state index in [0.29, 0.717) is 19.3 Å². The van der Waals surface area contributed by atoms with Crippen molar-refractivity contribution in [3.8, 4) is 0 Å². The maximum atomic E-state index is 12.8. The van der Waals surface area contributed by atoms with Crippen LogP contribution in [0.3, 0.4) is 0 Å². The lowest BCUT2D eigenvalue weighted by Crippen LogP contribution is -2.30. The average Bonchev–Trinajstić information content (AvgIpc) is 3.28. The van der Waals surface area contributed by atoms with Crippen LogP contribution in [0.4, 0.5) is 0 Å². The number of carbonyl (C=O) groups is 3. The highest BCUT2D eigenvalue weighted by molar-refractivity contribution is 5.71. The van der Waals surface area contributed by atoms with Crippen molar-refractivity contribution in [2.75, 3.05) is 13.2 Å².